The molecule has 4 heterocycles. The molecule has 0 N–H and O–H groups in total. The minimum Gasteiger partial charge on any atom is -0.494 e. The Hall–Kier alpha value is -4.91. The van der Waals surface area contributed by atoms with Crippen LogP contribution in [0, 0.1) is 29.9 Å². The molecule has 4 aromatic rings. The SMILES string of the molecule is CC/C=C1\N(c2c(F)c(C)cc(OC)c2F)Cc2cnc(-c3ccc(C(C#N)(CC)CC)nc3)cc2N1c1ccncn1. The number of aryl methyl sites for hydroxylation is 1. The molecule has 1 aliphatic rings. The third kappa shape index (κ3) is 5.16. The average Bonchev–Trinajstić information content (AvgIpc) is 3.04. The van der Waals surface area contributed by atoms with E-state index >= 15 is 8.78 Å². The molecule has 43 heavy (non-hydrogen) atoms. The Morgan fingerprint density at radius 1 is 1.05 bits per heavy atom. The molecule has 0 aliphatic carbocycles. The zero-order valence-corrected chi connectivity index (χ0v) is 24.9. The van der Waals surface area contributed by atoms with Crippen LogP contribution in [0.5, 0.6) is 5.75 Å². The number of nitriles is 1. The molecule has 10 heteroatoms. The van der Waals surface area contributed by atoms with E-state index in [1.165, 1.54) is 19.5 Å². The van der Waals surface area contributed by atoms with Gasteiger partial charge in [0.1, 0.15) is 23.7 Å². The molecule has 0 saturated carbocycles. The molecule has 0 radical (unpaired) electrons. The smallest absolute Gasteiger partial charge is 0.191 e. The molecule has 1 aromatic carbocycles. The van der Waals surface area contributed by atoms with Gasteiger partial charge in [0.05, 0.1) is 42.2 Å². The molecule has 8 nitrogen and oxygen atoms in total. The first-order chi connectivity index (χ1) is 20.8. The van der Waals surface area contributed by atoms with E-state index in [9.17, 15) is 5.26 Å². The highest BCUT2D eigenvalue weighted by atomic mass is 19.1. The van der Waals surface area contributed by atoms with Gasteiger partial charge in [-0.1, -0.05) is 20.8 Å². The van der Waals surface area contributed by atoms with Crippen molar-refractivity contribution in [2.24, 2.45) is 0 Å². The summed E-state index contributed by atoms with van der Waals surface area (Å²) in [5.41, 5.74) is 3.07. The second kappa shape index (κ2) is 12.1. The zero-order valence-electron chi connectivity index (χ0n) is 24.9. The van der Waals surface area contributed by atoms with Crippen molar-refractivity contribution < 1.29 is 13.5 Å². The fraction of sp³-hybridized carbons (Fsp3) is 0.303. The number of aromatic nitrogens is 4. The third-order valence-electron chi connectivity index (χ3n) is 8.01. The summed E-state index contributed by atoms with van der Waals surface area (Å²) in [7, 11) is 1.36. The van der Waals surface area contributed by atoms with Crippen LogP contribution in [-0.2, 0) is 12.0 Å². The third-order valence-corrected chi connectivity index (χ3v) is 8.01. The van der Waals surface area contributed by atoms with E-state index in [1.807, 2.05) is 49.9 Å². The van der Waals surface area contributed by atoms with Gasteiger partial charge in [0.25, 0.3) is 0 Å². The van der Waals surface area contributed by atoms with Crippen LogP contribution in [0.4, 0.5) is 26.0 Å². The molecule has 0 spiro atoms. The highest BCUT2D eigenvalue weighted by Gasteiger charge is 2.35. The van der Waals surface area contributed by atoms with Crippen LogP contribution in [0.1, 0.15) is 56.9 Å². The van der Waals surface area contributed by atoms with Gasteiger partial charge in [-0.15, -0.1) is 0 Å². The van der Waals surface area contributed by atoms with Crippen LogP contribution in [0.15, 0.2) is 67.1 Å². The van der Waals surface area contributed by atoms with E-state index in [1.54, 1.807) is 36.5 Å². The van der Waals surface area contributed by atoms with E-state index < -0.39 is 17.0 Å². The Morgan fingerprint density at radius 2 is 1.84 bits per heavy atom. The Bertz CT molecular complexity index is 1700. The number of hydrogen-bond donors (Lipinski definition) is 0. The minimum atomic E-state index is -0.790. The number of benzene rings is 1. The first kappa shape index (κ1) is 29.6. The van der Waals surface area contributed by atoms with Gasteiger partial charge in [-0.25, -0.2) is 18.7 Å². The number of pyridine rings is 2. The van der Waals surface area contributed by atoms with E-state index in [0.29, 0.717) is 36.6 Å². The van der Waals surface area contributed by atoms with E-state index in [4.69, 9.17) is 9.72 Å². The van der Waals surface area contributed by atoms with Crippen molar-refractivity contribution in [3.05, 3.63) is 95.6 Å². The van der Waals surface area contributed by atoms with Gasteiger partial charge in [-0.05, 0) is 68.2 Å². The highest BCUT2D eigenvalue weighted by molar-refractivity contribution is 5.79. The lowest BCUT2D eigenvalue weighted by atomic mass is 9.80. The van der Waals surface area contributed by atoms with Gasteiger partial charge < -0.3 is 9.64 Å². The molecule has 0 fully saturated rings. The second-order valence-corrected chi connectivity index (χ2v) is 10.4. The number of nitrogens with zero attached hydrogens (tertiary/aromatic N) is 7. The number of halogens is 2. The van der Waals surface area contributed by atoms with Gasteiger partial charge in [-0.2, -0.15) is 5.26 Å². The standard InChI is InChI=1S/C33H33F2N7O/c1-6-9-29-41(32-30(34)21(4)14-26(43-5)31(32)35)18-23-17-38-24(15-25(23)42(29)28-12-13-37-20-40-28)22-10-11-27(39-16-22)33(7-2,8-3)19-36/h9-17,20H,6-8,18H2,1-5H3/b29-9+. The lowest BCUT2D eigenvalue weighted by molar-refractivity contribution is 0.383. The molecule has 0 saturated heterocycles. The largest absolute Gasteiger partial charge is 0.494 e. The monoisotopic (exact) mass is 581 g/mol. The summed E-state index contributed by atoms with van der Waals surface area (Å²) in [6.07, 6.45) is 10.3. The molecule has 1 aliphatic heterocycles. The number of fused-ring (bicyclic) bond motifs is 1. The lowest BCUT2D eigenvalue weighted by Crippen LogP contribution is -2.39. The quantitative estimate of drug-likeness (QED) is 0.211. The normalized spacial score (nSPS) is 14.0. The van der Waals surface area contributed by atoms with Crippen LogP contribution < -0.4 is 14.5 Å². The molecule has 5 rings (SSSR count). The molecule has 220 valence electrons. The number of methoxy groups -OCH3 is 1. The maximum absolute atomic E-state index is 15.8. The molecule has 0 atom stereocenters. The fourth-order valence-electron chi connectivity index (χ4n) is 5.46. The molecular formula is C33H33F2N7O. The summed E-state index contributed by atoms with van der Waals surface area (Å²) in [5, 5.41) is 9.86. The maximum atomic E-state index is 15.8. The predicted molar refractivity (Wildman–Crippen MR) is 162 cm³/mol. The lowest BCUT2D eigenvalue weighted by Gasteiger charge is -2.41. The molecular weight excluding hydrogens is 548 g/mol. The maximum Gasteiger partial charge on any atom is 0.191 e. The number of rotatable bonds is 8. The number of hydrogen-bond acceptors (Lipinski definition) is 8. The molecule has 3 aromatic heterocycles. The van der Waals surface area contributed by atoms with E-state index in [0.717, 1.165) is 22.5 Å². The van der Waals surface area contributed by atoms with E-state index in [2.05, 4.69) is 21.0 Å². The summed E-state index contributed by atoms with van der Waals surface area (Å²) in [6.45, 7) is 7.68. The summed E-state index contributed by atoms with van der Waals surface area (Å²) in [6, 6.07) is 11.3. The summed E-state index contributed by atoms with van der Waals surface area (Å²) < 4.78 is 36.7. The Balaban J connectivity index is 1.68. The predicted octanol–water partition coefficient (Wildman–Crippen LogP) is 7.52. The van der Waals surface area contributed by atoms with Crippen molar-refractivity contribution in [2.45, 2.75) is 58.9 Å². The number of allylic oxidation sites excluding steroid dienone is 1. The Labute approximate surface area is 250 Å². The van der Waals surface area contributed by atoms with Crippen LogP contribution in [0.25, 0.3) is 11.3 Å². The van der Waals surface area contributed by atoms with Crippen molar-refractivity contribution in [1.29, 1.82) is 5.26 Å². The van der Waals surface area contributed by atoms with Gasteiger partial charge in [0, 0.05) is 29.7 Å². The topological polar surface area (TPSA) is 91.1 Å². The van der Waals surface area contributed by atoms with Gasteiger partial charge >= 0.3 is 0 Å². The van der Waals surface area contributed by atoms with Gasteiger partial charge in [0.15, 0.2) is 17.4 Å². The van der Waals surface area contributed by atoms with E-state index in [-0.39, 0.29) is 23.5 Å². The van der Waals surface area contributed by atoms with Crippen LogP contribution in [0.2, 0.25) is 0 Å². The highest BCUT2D eigenvalue weighted by Crippen LogP contribution is 2.44. The van der Waals surface area contributed by atoms with Gasteiger partial charge in [0.2, 0.25) is 0 Å². The van der Waals surface area contributed by atoms with Crippen molar-refractivity contribution >= 4 is 17.2 Å². The first-order valence-corrected chi connectivity index (χ1v) is 14.3. The molecule has 0 amide bonds. The van der Waals surface area contributed by atoms with Crippen LogP contribution >= 0.6 is 0 Å². The molecule has 0 bridgehead atoms. The summed E-state index contributed by atoms with van der Waals surface area (Å²) in [4.78, 5) is 21.4. The molecule has 0 unspecified atom stereocenters. The van der Waals surface area contributed by atoms with Crippen LogP contribution in [0.3, 0.4) is 0 Å². The fourth-order valence-corrected chi connectivity index (χ4v) is 5.46. The minimum absolute atomic E-state index is 0.0416. The van der Waals surface area contributed by atoms with Crippen molar-refractivity contribution in [3.63, 3.8) is 0 Å². The Kier molecular flexibility index (Phi) is 8.35. The number of anilines is 3. The van der Waals surface area contributed by atoms with Crippen molar-refractivity contribution in [1.82, 2.24) is 19.9 Å². The first-order valence-electron chi connectivity index (χ1n) is 14.3. The Morgan fingerprint density at radius 3 is 2.44 bits per heavy atom. The van der Waals surface area contributed by atoms with Crippen molar-refractivity contribution in [3.8, 4) is 23.1 Å². The average molecular weight is 582 g/mol. The van der Waals surface area contributed by atoms with Crippen LogP contribution in [-0.4, -0.2) is 27.0 Å². The number of ether oxygens (including phenoxy) is 1. The second-order valence-electron chi connectivity index (χ2n) is 10.4. The summed E-state index contributed by atoms with van der Waals surface area (Å²) in [5.74, 6) is -0.442. The van der Waals surface area contributed by atoms with Gasteiger partial charge in [-0.3, -0.25) is 14.9 Å². The van der Waals surface area contributed by atoms with Crippen molar-refractivity contribution in [2.75, 3.05) is 16.9 Å². The zero-order chi connectivity index (χ0) is 30.7. The summed E-state index contributed by atoms with van der Waals surface area (Å²) >= 11 is 0.